The summed E-state index contributed by atoms with van der Waals surface area (Å²) in [5.41, 5.74) is 0. The number of hydrogen-bond donors (Lipinski definition) is 0. The van der Waals surface area contributed by atoms with Crippen molar-refractivity contribution in [1.82, 2.24) is 4.90 Å². The van der Waals surface area contributed by atoms with E-state index in [1.807, 2.05) is 0 Å². The highest BCUT2D eigenvalue weighted by Gasteiger charge is 2.20. The van der Waals surface area contributed by atoms with Crippen LogP contribution in [0.4, 0.5) is 0 Å². The van der Waals surface area contributed by atoms with Crippen LogP contribution in [-0.2, 0) is 0 Å². The van der Waals surface area contributed by atoms with Crippen LogP contribution in [0.15, 0.2) is 0 Å². The lowest BCUT2D eigenvalue weighted by atomic mass is 9.99. The summed E-state index contributed by atoms with van der Waals surface area (Å²) in [7, 11) is 0. The summed E-state index contributed by atoms with van der Waals surface area (Å²) in [6, 6.07) is 0.917. The van der Waals surface area contributed by atoms with Crippen molar-refractivity contribution in [2.75, 3.05) is 13.1 Å². The van der Waals surface area contributed by atoms with Crippen LogP contribution in [0.5, 0.6) is 0 Å². The van der Waals surface area contributed by atoms with Gasteiger partial charge in [0.15, 0.2) is 0 Å². The van der Waals surface area contributed by atoms with Crippen molar-refractivity contribution in [2.45, 2.75) is 116 Å². The van der Waals surface area contributed by atoms with Crippen molar-refractivity contribution < 1.29 is 0 Å². The highest BCUT2D eigenvalue weighted by molar-refractivity contribution is 4.76. The zero-order valence-corrected chi connectivity index (χ0v) is 15.0. The maximum atomic E-state index is 2.81. The summed E-state index contributed by atoms with van der Waals surface area (Å²) in [6.45, 7) is 7.39. The molecule has 0 spiro atoms. The lowest BCUT2D eigenvalue weighted by Gasteiger charge is -2.27. The van der Waals surface area contributed by atoms with Crippen molar-refractivity contribution in [3.63, 3.8) is 0 Å². The maximum Gasteiger partial charge on any atom is 0.00952 e. The van der Waals surface area contributed by atoms with Gasteiger partial charge in [-0.25, -0.2) is 0 Å². The van der Waals surface area contributed by atoms with E-state index < -0.39 is 0 Å². The molecule has 1 aliphatic rings. The SMILES string of the molecule is CCCCCCCCCC(CCCCCC)N1CCCC1. The summed E-state index contributed by atoms with van der Waals surface area (Å²) in [5, 5.41) is 0. The fraction of sp³-hybridized carbons (Fsp3) is 1.00. The van der Waals surface area contributed by atoms with Crippen LogP contribution in [0.1, 0.15) is 110 Å². The van der Waals surface area contributed by atoms with Gasteiger partial charge in [0.1, 0.15) is 0 Å². The van der Waals surface area contributed by atoms with E-state index in [2.05, 4.69) is 18.7 Å². The molecule has 0 aromatic heterocycles. The molecule has 1 aliphatic heterocycles. The minimum atomic E-state index is 0.917. The molecule has 0 saturated carbocycles. The van der Waals surface area contributed by atoms with Crippen LogP contribution in [-0.4, -0.2) is 24.0 Å². The van der Waals surface area contributed by atoms with E-state index in [1.54, 1.807) is 0 Å². The van der Waals surface area contributed by atoms with E-state index in [4.69, 9.17) is 0 Å². The van der Waals surface area contributed by atoms with Gasteiger partial charge in [0.25, 0.3) is 0 Å². The normalized spacial score (nSPS) is 17.4. The van der Waals surface area contributed by atoms with Crippen LogP contribution in [0, 0.1) is 0 Å². The van der Waals surface area contributed by atoms with Crippen molar-refractivity contribution in [2.24, 2.45) is 0 Å². The van der Waals surface area contributed by atoms with E-state index in [-0.39, 0.29) is 0 Å². The highest BCUT2D eigenvalue weighted by atomic mass is 15.2. The first-order valence-electron chi connectivity index (χ1n) is 10.1. The number of rotatable bonds is 14. The summed E-state index contributed by atoms with van der Waals surface area (Å²) in [4.78, 5) is 2.81. The Morgan fingerprint density at radius 1 is 0.619 bits per heavy atom. The second-order valence-electron chi connectivity index (χ2n) is 7.16. The Morgan fingerprint density at radius 2 is 1.05 bits per heavy atom. The van der Waals surface area contributed by atoms with E-state index in [0.717, 1.165) is 6.04 Å². The largest absolute Gasteiger partial charge is 0.300 e. The van der Waals surface area contributed by atoms with Crippen molar-refractivity contribution in [3.8, 4) is 0 Å². The Bertz CT molecular complexity index is 208. The minimum Gasteiger partial charge on any atom is -0.300 e. The van der Waals surface area contributed by atoms with Crippen LogP contribution in [0.25, 0.3) is 0 Å². The van der Waals surface area contributed by atoms with Crippen molar-refractivity contribution >= 4 is 0 Å². The van der Waals surface area contributed by atoms with Gasteiger partial charge in [0, 0.05) is 6.04 Å². The van der Waals surface area contributed by atoms with E-state index in [0.29, 0.717) is 0 Å². The van der Waals surface area contributed by atoms with Crippen LogP contribution in [0.2, 0.25) is 0 Å². The van der Waals surface area contributed by atoms with Gasteiger partial charge in [-0.15, -0.1) is 0 Å². The zero-order valence-electron chi connectivity index (χ0n) is 15.0. The van der Waals surface area contributed by atoms with Crippen LogP contribution >= 0.6 is 0 Å². The summed E-state index contributed by atoms with van der Waals surface area (Å²) in [5.74, 6) is 0. The Hall–Kier alpha value is -0.0400. The molecule has 1 heteroatoms. The van der Waals surface area contributed by atoms with Gasteiger partial charge >= 0.3 is 0 Å². The lowest BCUT2D eigenvalue weighted by Crippen LogP contribution is -2.32. The molecule has 0 amide bonds. The Balaban J connectivity index is 2.10. The number of unbranched alkanes of at least 4 members (excludes halogenated alkanes) is 9. The van der Waals surface area contributed by atoms with Gasteiger partial charge in [-0.3, -0.25) is 0 Å². The monoisotopic (exact) mass is 295 g/mol. The van der Waals surface area contributed by atoms with E-state index in [1.165, 1.54) is 109 Å². The fourth-order valence-electron chi connectivity index (χ4n) is 3.76. The molecule has 1 unspecified atom stereocenters. The molecular weight excluding hydrogens is 254 g/mol. The summed E-state index contributed by atoms with van der Waals surface area (Å²) >= 11 is 0. The number of hydrogen-bond acceptors (Lipinski definition) is 1. The molecular formula is C20H41N. The molecule has 0 radical (unpaired) electrons. The first kappa shape index (κ1) is 19.0. The topological polar surface area (TPSA) is 3.24 Å². The second-order valence-corrected chi connectivity index (χ2v) is 7.16. The standard InChI is InChI=1S/C20H41N/c1-3-5-7-9-10-11-13-17-20(16-12-8-6-4-2)21-18-14-15-19-21/h20H,3-19H2,1-2H3. The molecule has 1 heterocycles. The third kappa shape index (κ3) is 9.55. The Kier molecular flexibility index (Phi) is 12.3. The fourth-order valence-corrected chi connectivity index (χ4v) is 3.76. The number of nitrogens with zero attached hydrogens (tertiary/aromatic N) is 1. The molecule has 1 fully saturated rings. The lowest BCUT2D eigenvalue weighted by molar-refractivity contribution is 0.209. The molecule has 126 valence electrons. The zero-order chi connectivity index (χ0) is 15.2. The van der Waals surface area contributed by atoms with E-state index >= 15 is 0 Å². The van der Waals surface area contributed by atoms with Crippen molar-refractivity contribution in [3.05, 3.63) is 0 Å². The van der Waals surface area contributed by atoms with Gasteiger partial charge in [-0.05, 0) is 38.8 Å². The Labute approximate surface area is 134 Å². The smallest absolute Gasteiger partial charge is 0.00952 e. The Morgan fingerprint density at radius 3 is 1.57 bits per heavy atom. The molecule has 0 N–H and O–H groups in total. The molecule has 1 atom stereocenters. The molecule has 0 bridgehead atoms. The molecule has 21 heavy (non-hydrogen) atoms. The average Bonchev–Trinajstić information content (AvgIpc) is 3.02. The predicted molar refractivity (Wildman–Crippen MR) is 96.0 cm³/mol. The minimum absolute atomic E-state index is 0.917. The highest BCUT2D eigenvalue weighted by Crippen LogP contribution is 2.22. The summed E-state index contributed by atoms with van der Waals surface area (Å²) in [6.07, 6.45) is 21.7. The first-order valence-corrected chi connectivity index (χ1v) is 10.1. The van der Waals surface area contributed by atoms with Gasteiger partial charge < -0.3 is 4.90 Å². The second kappa shape index (κ2) is 13.6. The average molecular weight is 296 g/mol. The van der Waals surface area contributed by atoms with Crippen LogP contribution < -0.4 is 0 Å². The third-order valence-corrected chi connectivity index (χ3v) is 5.19. The molecule has 0 aromatic carbocycles. The quantitative estimate of drug-likeness (QED) is 0.328. The predicted octanol–water partition coefficient (Wildman–Crippen LogP) is 6.56. The van der Waals surface area contributed by atoms with Gasteiger partial charge in [0.2, 0.25) is 0 Å². The summed E-state index contributed by atoms with van der Waals surface area (Å²) < 4.78 is 0. The third-order valence-electron chi connectivity index (χ3n) is 5.19. The van der Waals surface area contributed by atoms with Gasteiger partial charge in [-0.1, -0.05) is 84.5 Å². The van der Waals surface area contributed by atoms with Gasteiger partial charge in [0.05, 0.1) is 0 Å². The van der Waals surface area contributed by atoms with Crippen LogP contribution in [0.3, 0.4) is 0 Å². The molecule has 0 aliphatic carbocycles. The van der Waals surface area contributed by atoms with Crippen molar-refractivity contribution in [1.29, 1.82) is 0 Å². The number of likely N-dealkylation sites (tertiary alicyclic amines) is 1. The maximum absolute atomic E-state index is 2.81. The molecule has 1 nitrogen and oxygen atoms in total. The van der Waals surface area contributed by atoms with E-state index in [9.17, 15) is 0 Å². The molecule has 1 saturated heterocycles. The van der Waals surface area contributed by atoms with Gasteiger partial charge in [-0.2, -0.15) is 0 Å². The molecule has 0 aromatic rings. The first-order chi connectivity index (χ1) is 10.4. The molecule has 1 rings (SSSR count).